The van der Waals surface area contributed by atoms with Gasteiger partial charge in [0.15, 0.2) is 0 Å². The molecule has 6 nitrogen and oxygen atoms in total. The molecule has 1 aliphatic rings. The van der Waals surface area contributed by atoms with E-state index in [1.165, 1.54) is 30.4 Å². The number of hydrogen-bond acceptors (Lipinski definition) is 4. The van der Waals surface area contributed by atoms with Gasteiger partial charge in [-0.25, -0.2) is 4.79 Å². The number of hydrogen-bond donors (Lipinski definition) is 2. The van der Waals surface area contributed by atoms with Gasteiger partial charge in [-0.3, -0.25) is 0 Å². The van der Waals surface area contributed by atoms with Crippen LogP contribution in [0.2, 0.25) is 0 Å². The van der Waals surface area contributed by atoms with E-state index in [2.05, 4.69) is 9.93 Å². The standard InChI is InChI=1S/C13H12N2O4S/c16-13(17)10-6-8-11(9-7-10)14-15-20(18,19)12-4-2-1-3-5-12/h1-8,15H,9H2,(H,16,17). The van der Waals surface area contributed by atoms with Gasteiger partial charge in [-0.2, -0.15) is 18.4 Å². The molecule has 1 aromatic carbocycles. The zero-order chi connectivity index (χ0) is 14.6. The van der Waals surface area contributed by atoms with E-state index < -0.39 is 16.0 Å². The Morgan fingerprint density at radius 2 is 1.90 bits per heavy atom. The van der Waals surface area contributed by atoms with E-state index in [4.69, 9.17) is 5.11 Å². The molecule has 7 heteroatoms. The van der Waals surface area contributed by atoms with Gasteiger partial charge in [-0.15, -0.1) is 0 Å². The molecule has 0 saturated heterocycles. The van der Waals surface area contributed by atoms with Gasteiger partial charge in [0.1, 0.15) is 0 Å². The third kappa shape index (κ3) is 3.33. The highest BCUT2D eigenvalue weighted by molar-refractivity contribution is 7.89. The van der Waals surface area contributed by atoms with Gasteiger partial charge < -0.3 is 5.11 Å². The monoisotopic (exact) mass is 292 g/mol. The Morgan fingerprint density at radius 1 is 1.20 bits per heavy atom. The highest BCUT2D eigenvalue weighted by atomic mass is 32.2. The lowest BCUT2D eigenvalue weighted by Crippen LogP contribution is -2.20. The molecule has 0 bridgehead atoms. The Bertz CT molecular complexity index is 703. The molecular formula is C13H12N2O4S. The molecule has 0 aliphatic heterocycles. The van der Waals surface area contributed by atoms with E-state index in [1.54, 1.807) is 18.2 Å². The lowest BCUT2D eigenvalue weighted by atomic mass is 10.1. The molecule has 0 fully saturated rings. The van der Waals surface area contributed by atoms with Gasteiger partial charge in [0, 0.05) is 6.42 Å². The molecule has 2 rings (SSSR count). The van der Waals surface area contributed by atoms with Gasteiger partial charge in [0.2, 0.25) is 0 Å². The predicted molar refractivity (Wildman–Crippen MR) is 73.7 cm³/mol. The van der Waals surface area contributed by atoms with Crippen molar-refractivity contribution in [3.05, 3.63) is 54.1 Å². The van der Waals surface area contributed by atoms with Crippen LogP contribution in [0.1, 0.15) is 6.42 Å². The van der Waals surface area contributed by atoms with E-state index in [9.17, 15) is 13.2 Å². The van der Waals surface area contributed by atoms with Crippen molar-refractivity contribution in [2.45, 2.75) is 11.3 Å². The Morgan fingerprint density at radius 3 is 2.45 bits per heavy atom. The number of aliphatic carboxylic acids is 1. The first-order valence-corrected chi connectivity index (χ1v) is 7.22. The zero-order valence-electron chi connectivity index (χ0n) is 10.4. The second-order valence-electron chi connectivity index (χ2n) is 4.01. The van der Waals surface area contributed by atoms with Gasteiger partial charge in [-0.1, -0.05) is 24.3 Å². The minimum Gasteiger partial charge on any atom is -0.478 e. The third-order valence-electron chi connectivity index (χ3n) is 2.60. The van der Waals surface area contributed by atoms with Crippen LogP contribution in [-0.4, -0.2) is 25.2 Å². The predicted octanol–water partition coefficient (Wildman–Crippen LogP) is 1.29. The maximum Gasteiger partial charge on any atom is 0.335 e. The summed E-state index contributed by atoms with van der Waals surface area (Å²) in [6.07, 6.45) is 4.58. The Hall–Kier alpha value is -2.41. The van der Waals surface area contributed by atoms with Crippen molar-refractivity contribution >= 4 is 21.7 Å². The van der Waals surface area contributed by atoms with Crippen molar-refractivity contribution in [2.75, 3.05) is 0 Å². The van der Waals surface area contributed by atoms with Gasteiger partial charge >= 0.3 is 5.97 Å². The number of carbonyl (C=O) groups is 1. The summed E-state index contributed by atoms with van der Waals surface area (Å²) in [6.45, 7) is 0. The fourth-order valence-corrected chi connectivity index (χ4v) is 2.41. The summed E-state index contributed by atoms with van der Waals surface area (Å²) in [5.41, 5.74) is 0.601. The summed E-state index contributed by atoms with van der Waals surface area (Å²) >= 11 is 0. The normalized spacial score (nSPS) is 16.8. The number of nitrogens with one attached hydrogen (secondary N) is 1. The summed E-state index contributed by atoms with van der Waals surface area (Å²) in [5, 5.41) is 12.5. The van der Waals surface area contributed by atoms with Crippen molar-refractivity contribution in [3.63, 3.8) is 0 Å². The second-order valence-corrected chi connectivity index (χ2v) is 5.67. The molecule has 0 aromatic heterocycles. The average Bonchev–Trinajstić information content (AvgIpc) is 2.46. The molecule has 104 valence electrons. The number of sulfonamides is 1. The van der Waals surface area contributed by atoms with Crippen LogP contribution in [0.15, 0.2) is 64.1 Å². The van der Waals surface area contributed by atoms with Crippen molar-refractivity contribution in [2.24, 2.45) is 5.10 Å². The number of allylic oxidation sites excluding steroid dienone is 2. The molecular weight excluding hydrogens is 280 g/mol. The van der Waals surface area contributed by atoms with Crippen LogP contribution in [0.4, 0.5) is 0 Å². The van der Waals surface area contributed by atoms with Gasteiger partial charge in [-0.05, 0) is 24.3 Å². The summed E-state index contributed by atoms with van der Waals surface area (Å²) in [6, 6.07) is 7.87. The lowest BCUT2D eigenvalue weighted by molar-refractivity contribution is -0.132. The minimum absolute atomic E-state index is 0.117. The average molecular weight is 292 g/mol. The number of carboxylic acid groups (broad SMARTS) is 1. The van der Waals surface area contributed by atoms with E-state index >= 15 is 0 Å². The maximum absolute atomic E-state index is 11.9. The number of nitrogens with zero attached hydrogens (tertiary/aromatic N) is 1. The molecule has 0 atom stereocenters. The maximum atomic E-state index is 11.9. The topological polar surface area (TPSA) is 95.8 Å². The number of benzene rings is 1. The minimum atomic E-state index is -3.70. The second kappa shape index (κ2) is 5.70. The van der Waals surface area contributed by atoms with Crippen LogP contribution in [0.3, 0.4) is 0 Å². The molecule has 0 radical (unpaired) electrons. The van der Waals surface area contributed by atoms with E-state index in [1.807, 2.05) is 0 Å². The quantitative estimate of drug-likeness (QED) is 0.817. The highest BCUT2D eigenvalue weighted by Gasteiger charge is 2.13. The lowest BCUT2D eigenvalue weighted by Gasteiger charge is -2.07. The highest BCUT2D eigenvalue weighted by Crippen LogP contribution is 2.10. The molecule has 0 heterocycles. The van der Waals surface area contributed by atoms with Crippen LogP contribution in [0.25, 0.3) is 0 Å². The molecule has 0 unspecified atom stereocenters. The summed E-state index contributed by atoms with van der Waals surface area (Å²) in [4.78, 5) is 12.9. The first kappa shape index (κ1) is 14.0. The van der Waals surface area contributed by atoms with Crippen molar-refractivity contribution < 1.29 is 18.3 Å². The molecule has 20 heavy (non-hydrogen) atoms. The van der Waals surface area contributed by atoms with Crippen LogP contribution < -0.4 is 4.83 Å². The Balaban J connectivity index is 2.09. The van der Waals surface area contributed by atoms with E-state index in [0.717, 1.165) is 0 Å². The summed E-state index contributed by atoms with van der Waals surface area (Å²) < 4.78 is 23.8. The fourth-order valence-electron chi connectivity index (χ4n) is 1.55. The zero-order valence-corrected chi connectivity index (χ0v) is 11.2. The summed E-state index contributed by atoms with van der Waals surface area (Å²) in [5.74, 6) is -1.02. The van der Waals surface area contributed by atoms with E-state index in [-0.39, 0.29) is 16.9 Å². The number of carboxylic acids is 1. The molecule has 0 spiro atoms. The van der Waals surface area contributed by atoms with Crippen molar-refractivity contribution in [1.82, 2.24) is 4.83 Å². The largest absolute Gasteiger partial charge is 0.478 e. The van der Waals surface area contributed by atoms with E-state index in [0.29, 0.717) is 5.71 Å². The molecule has 0 saturated carbocycles. The van der Waals surface area contributed by atoms with Crippen molar-refractivity contribution in [1.29, 1.82) is 0 Å². The smallest absolute Gasteiger partial charge is 0.335 e. The molecule has 1 aliphatic carbocycles. The third-order valence-corrected chi connectivity index (χ3v) is 3.82. The first-order valence-electron chi connectivity index (χ1n) is 5.74. The van der Waals surface area contributed by atoms with Gasteiger partial charge in [0.25, 0.3) is 10.0 Å². The van der Waals surface area contributed by atoms with Gasteiger partial charge in [0.05, 0.1) is 16.2 Å². The Kier molecular flexibility index (Phi) is 3.99. The summed E-state index contributed by atoms with van der Waals surface area (Å²) in [7, 11) is -3.70. The SMILES string of the molecule is O=C(O)C1=CCC(=NNS(=O)(=O)c2ccccc2)C=C1. The van der Waals surface area contributed by atoms with Crippen LogP contribution in [-0.2, 0) is 14.8 Å². The fraction of sp³-hybridized carbons (Fsp3) is 0.0769. The van der Waals surface area contributed by atoms with Crippen molar-refractivity contribution in [3.8, 4) is 0 Å². The number of rotatable bonds is 4. The van der Waals surface area contributed by atoms with Crippen LogP contribution in [0, 0.1) is 0 Å². The molecule has 0 amide bonds. The first-order chi connectivity index (χ1) is 9.49. The van der Waals surface area contributed by atoms with Crippen LogP contribution >= 0.6 is 0 Å². The molecule has 2 N–H and O–H groups in total. The Labute approximate surface area is 116 Å². The van der Waals surface area contributed by atoms with Crippen LogP contribution in [0.5, 0.6) is 0 Å². The molecule has 1 aromatic rings. The number of hydrazone groups is 1.